The Labute approximate surface area is 328 Å². The second-order valence-corrected chi connectivity index (χ2v) is 10.9. The Kier molecular flexibility index (Phi) is 68.1. The lowest BCUT2D eigenvalue weighted by Crippen LogP contribution is -2.63. The SMILES string of the molecule is OCC(CO)(CO)CO.OCC(O)(CO)C(O)(CO)CO.OCC(O)CO.OCC(O)CO.OCC(O)CO.OCC(O)CO.OCC(O)CO.OCC(O)CO. The first-order valence-corrected chi connectivity index (χ1v) is 16.3. The van der Waals surface area contributed by atoms with Gasteiger partial charge >= 0.3 is 0 Å². The number of hydrogen-bond acceptors (Lipinski definition) is 28. The Bertz CT molecular complexity index is 554. The molecule has 0 rings (SSSR count). The van der Waals surface area contributed by atoms with Crippen LogP contribution in [0.2, 0.25) is 0 Å². The Morgan fingerprint density at radius 3 is 0.333 bits per heavy atom. The molecule has 0 heterocycles. The quantitative estimate of drug-likeness (QED) is 0.0509. The van der Waals surface area contributed by atoms with Crippen LogP contribution < -0.4 is 0 Å². The van der Waals surface area contributed by atoms with Crippen LogP contribution in [0.25, 0.3) is 0 Å². The van der Waals surface area contributed by atoms with Gasteiger partial charge in [0, 0.05) is 0 Å². The minimum Gasteiger partial charge on any atom is -0.396 e. The molecule has 57 heavy (non-hydrogen) atoms. The minimum atomic E-state index is -2.30. The molecule has 0 aliphatic heterocycles. The van der Waals surface area contributed by atoms with E-state index in [9.17, 15) is 10.2 Å². The van der Waals surface area contributed by atoms with Crippen LogP contribution in [0.1, 0.15) is 0 Å². The first-order chi connectivity index (χ1) is 26.6. The van der Waals surface area contributed by atoms with Crippen molar-refractivity contribution in [2.45, 2.75) is 47.8 Å². The van der Waals surface area contributed by atoms with Crippen molar-refractivity contribution in [3.8, 4) is 0 Å². The predicted octanol–water partition coefficient (Wildman–Crippen LogP) is -15.6. The van der Waals surface area contributed by atoms with Crippen molar-refractivity contribution in [1.82, 2.24) is 0 Å². The molecule has 28 N–H and O–H groups in total. The highest BCUT2D eigenvalue weighted by molar-refractivity contribution is 4.98. The summed E-state index contributed by atoms with van der Waals surface area (Å²) >= 11 is 0. The molecule has 28 nitrogen and oxygen atoms in total. The molecular weight excluding hydrogens is 796 g/mol. The van der Waals surface area contributed by atoms with Gasteiger partial charge in [-0.1, -0.05) is 0 Å². The van der Waals surface area contributed by atoms with Crippen molar-refractivity contribution in [3.05, 3.63) is 0 Å². The molecule has 0 aromatic heterocycles. The summed E-state index contributed by atoms with van der Waals surface area (Å²) in [5, 5.41) is 231. The topological polar surface area (TPSA) is 566 Å². The van der Waals surface area contributed by atoms with Gasteiger partial charge in [-0.25, -0.2) is 0 Å². The molecule has 0 amide bonds. The zero-order chi connectivity index (χ0) is 47.1. The second-order valence-electron chi connectivity index (χ2n) is 10.9. The van der Waals surface area contributed by atoms with Crippen LogP contribution in [0, 0.1) is 5.41 Å². The highest BCUT2D eigenvalue weighted by Crippen LogP contribution is 2.20. The molecule has 0 unspecified atom stereocenters. The molecule has 358 valence electrons. The molecule has 0 saturated heterocycles. The fraction of sp³-hybridized carbons (Fsp3) is 1.00. The standard InChI is InChI=1S/C6H14O6.C5H12O4.6C3H8O3/c7-1-5(11,2-8)6(12,3-9)4-10;6-1-5(2-7,3-8)4-9;6*4-1-3(6)2-5/h7-12H,1-4H2;6-9H,1-4H2;6*3-6H,1-2H2. The molecule has 0 atom stereocenters. The smallest absolute Gasteiger partial charge is 0.144 e. The van der Waals surface area contributed by atoms with Gasteiger partial charge in [0.15, 0.2) is 0 Å². The summed E-state index contributed by atoms with van der Waals surface area (Å²) in [6.45, 7) is -9.83. The summed E-state index contributed by atoms with van der Waals surface area (Å²) < 4.78 is 0. The third-order valence-corrected chi connectivity index (χ3v) is 5.78. The van der Waals surface area contributed by atoms with Gasteiger partial charge in [0.2, 0.25) is 0 Å². The maximum absolute atomic E-state index is 9.28. The number of aliphatic hydroxyl groups excluding tert-OH is 26. The average molecular weight is 871 g/mol. The number of hydrogen-bond donors (Lipinski definition) is 28. The van der Waals surface area contributed by atoms with Crippen LogP contribution in [0.3, 0.4) is 0 Å². The highest BCUT2D eigenvalue weighted by Gasteiger charge is 2.48. The maximum atomic E-state index is 9.28. The molecule has 0 aromatic carbocycles. The van der Waals surface area contributed by atoms with E-state index >= 15 is 0 Å². The van der Waals surface area contributed by atoms with E-state index in [2.05, 4.69) is 0 Å². The summed E-state index contributed by atoms with van der Waals surface area (Å²) in [7, 11) is 0. The van der Waals surface area contributed by atoms with Gasteiger partial charge in [-0.15, -0.1) is 0 Å². The van der Waals surface area contributed by atoms with Crippen LogP contribution in [0.4, 0.5) is 0 Å². The summed E-state index contributed by atoms with van der Waals surface area (Å²) in [6.07, 6.45) is -5.72. The number of rotatable bonds is 21. The summed E-state index contributed by atoms with van der Waals surface area (Å²) in [4.78, 5) is 0. The zero-order valence-electron chi connectivity index (χ0n) is 31.6. The molecule has 0 fully saturated rings. The third-order valence-electron chi connectivity index (χ3n) is 5.78. The fourth-order valence-corrected chi connectivity index (χ4v) is 1.34. The fourth-order valence-electron chi connectivity index (χ4n) is 1.34. The molecule has 0 spiro atoms. The van der Waals surface area contributed by atoms with Crippen molar-refractivity contribution >= 4 is 0 Å². The first-order valence-electron chi connectivity index (χ1n) is 16.3. The van der Waals surface area contributed by atoms with Crippen LogP contribution in [0.5, 0.6) is 0 Å². The molecule has 0 aliphatic carbocycles. The van der Waals surface area contributed by atoms with Gasteiger partial charge in [0.25, 0.3) is 0 Å². The Hall–Kier alpha value is -1.12. The Morgan fingerprint density at radius 2 is 0.316 bits per heavy atom. The minimum absolute atomic E-state index is 0.365. The Balaban J connectivity index is -0.0000000816. The van der Waals surface area contributed by atoms with E-state index in [1.807, 2.05) is 0 Å². The molecular formula is C29H74O28. The highest BCUT2D eigenvalue weighted by atomic mass is 16.4. The van der Waals surface area contributed by atoms with Gasteiger partial charge in [0.05, 0.1) is 138 Å². The molecule has 0 aliphatic rings. The van der Waals surface area contributed by atoms with Crippen molar-refractivity contribution in [2.24, 2.45) is 5.41 Å². The molecule has 0 bridgehead atoms. The lowest BCUT2D eigenvalue weighted by Gasteiger charge is -2.38. The van der Waals surface area contributed by atoms with Crippen molar-refractivity contribution in [3.63, 3.8) is 0 Å². The van der Waals surface area contributed by atoms with E-state index < -0.39 is 106 Å². The molecule has 0 saturated carbocycles. The maximum Gasteiger partial charge on any atom is 0.144 e. The molecule has 0 radical (unpaired) electrons. The van der Waals surface area contributed by atoms with Crippen molar-refractivity contribution in [1.29, 1.82) is 0 Å². The van der Waals surface area contributed by atoms with E-state index in [4.69, 9.17) is 133 Å². The van der Waals surface area contributed by atoms with Crippen molar-refractivity contribution in [2.75, 3.05) is 132 Å². The predicted molar refractivity (Wildman–Crippen MR) is 190 cm³/mol. The van der Waals surface area contributed by atoms with E-state index in [-0.39, 0.29) is 79.3 Å². The third kappa shape index (κ3) is 49.1. The van der Waals surface area contributed by atoms with Crippen LogP contribution in [-0.2, 0) is 0 Å². The number of aliphatic hydroxyl groups is 28. The zero-order valence-corrected chi connectivity index (χ0v) is 31.6. The monoisotopic (exact) mass is 870 g/mol. The second kappa shape index (κ2) is 52.9. The lowest BCUT2D eigenvalue weighted by molar-refractivity contribution is -0.219. The summed E-state index contributed by atoms with van der Waals surface area (Å²) in [6, 6.07) is 0. The largest absolute Gasteiger partial charge is 0.396 e. The lowest BCUT2D eigenvalue weighted by atomic mass is 9.85. The van der Waals surface area contributed by atoms with Gasteiger partial charge in [0.1, 0.15) is 47.8 Å². The van der Waals surface area contributed by atoms with Crippen LogP contribution in [0.15, 0.2) is 0 Å². The van der Waals surface area contributed by atoms with Crippen LogP contribution in [-0.4, -0.2) is 323 Å². The van der Waals surface area contributed by atoms with E-state index in [0.29, 0.717) is 0 Å². The van der Waals surface area contributed by atoms with Gasteiger partial charge in [-0.3, -0.25) is 0 Å². The summed E-state index contributed by atoms with van der Waals surface area (Å²) in [5.41, 5.74) is -5.70. The van der Waals surface area contributed by atoms with Crippen LogP contribution >= 0.6 is 0 Å². The molecule has 0 aromatic rings. The van der Waals surface area contributed by atoms with E-state index in [1.54, 1.807) is 0 Å². The summed E-state index contributed by atoms with van der Waals surface area (Å²) in [5.74, 6) is 0. The Morgan fingerprint density at radius 1 is 0.211 bits per heavy atom. The van der Waals surface area contributed by atoms with Gasteiger partial charge < -0.3 is 143 Å². The first kappa shape index (κ1) is 73.4. The normalized spacial score (nSPS) is 11.1. The van der Waals surface area contributed by atoms with Crippen molar-refractivity contribution < 1.29 is 143 Å². The van der Waals surface area contributed by atoms with Gasteiger partial charge in [-0.05, 0) is 0 Å². The molecule has 28 heteroatoms. The van der Waals surface area contributed by atoms with E-state index in [1.165, 1.54) is 0 Å². The van der Waals surface area contributed by atoms with E-state index in [0.717, 1.165) is 0 Å². The van der Waals surface area contributed by atoms with Gasteiger partial charge in [-0.2, -0.15) is 0 Å². The average Bonchev–Trinajstić information content (AvgIpc) is 3.28.